The number of carboxylic acids is 1. The number of alkyl halides is 3. The van der Waals surface area contributed by atoms with Gasteiger partial charge in [-0.15, -0.1) is 0 Å². The van der Waals surface area contributed by atoms with Crippen molar-refractivity contribution in [1.29, 1.82) is 0 Å². The van der Waals surface area contributed by atoms with Gasteiger partial charge in [-0.2, -0.15) is 13.2 Å². The summed E-state index contributed by atoms with van der Waals surface area (Å²) in [6, 6.07) is 6.07. The van der Waals surface area contributed by atoms with E-state index in [9.17, 15) is 18.0 Å². The van der Waals surface area contributed by atoms with E-state index >= 15 is 0 Å². The molecule has 1 heterocycles. The van der Waals surface area contributed by atoms with Crippen molar-refractivity contribution < 1.29 is 37.3 Å². The summed E-state index contributed by atoms with van der Waals surface area (Å²) in [4.78, 5) is 14.0. The predicted molar refractivity (Wildman–Crippen MR) is 103 cm³/mol. The van der Waals surface area contributed by atoms with E-state index < -0.39 is 24.4 Å². The number of aliphatic carboxylic acids is 1. The summed E-state index contributed by atoms with van der Waals surface area (Å²) in [6.07, 6.45) is -1.70. The van der Waals surface area contributed by atoms with Gasteiger partial charge in [-0.05, 0) is 48.7 Å². The van der Waals surface area contributed by atoms with Crippen molar-refractivity contribution in [2.75, 3.05) is 19.8 Å². The van der Waals surface area contributed by atoms with Crippen LogP contribution in [0.1, 0.15) is 36.6 Å². The minimum Gasteiger partial charge on any atom is -0.493 e. The van der Waals surface area contributed by atoms with E-state index in [4.69, 9.17) is 19.3 Å². The second-order valence-electron chi connectivity index (χ2n) is 6.59. The monoisotopic (exact) mass is 427 g/mol. The Morgan fingerprint density at radius 2 is 1.83 bits per heavy atom. The van der Waals surface area contributed by atoms with Crippen molar-refractivity contribution in [1.82, 2.24) is 4.98 Å². The van der Waals surface area contributed by atoms with Gasteiger partial charge in [0.25, 0.3) is 0 Å². The minimum atomic E-state index is -4.48. The van der Waals surface area contributed by atoms with Crippen LogP contribution < -0.4 is 14.2 Å². The van der Waals surface area contributed by atoms with Crippen LogP contribution in [0.25, 0.3) is 0 Å². The van der Waals surface area contributed by atoms with Crippen LogP contribution in [-0.4, -0.2) is 35.9 Å². The van der Waals surface area contributed by atoms with Crippen LogP contribution >= 0.6 is 0 Å². The van der Waals surface area contributed by atoms with E-state index in [1.54, 1.807) is 25.1 Å². The fourth-order valence-electron chi connectivity index (χ4n) is 2.68. The Kier molecular flexibility index (Phi) is 8.32. The predicted octanol–water partition coefficient (Wildman–Crippen LogP) is 4.67. The fraction of sp³-hybridized carbons (Fsp3) is 0.429. The van der Waals surface area contributed by atoms with Gasteiger partial charge in [-0.25, -0.2) is 9.78 Å². The highest BCUT2D eigenvalue weighted by molar-refractivity contribution is 5.68. The lowest BCUT2D eigenvalue weighted by atomic mass is 10.1. The number of hydrogen-bond donors (Lipinski definition) is 1. The third-order valence-electron chi connectivity index (χ3n) is 4.07. The molecule has 0 atom stereocenters. The molecule has 0 aliphatic heterocycles. The molecule has 0 aliphatic carbocycles. The van der Waals surface area contributed by atoms with E-state index in [1.165, 1.54) is 0 Å². The van der Waals surface area contributed by atoms with Gasteiger partial charge in [0.15, 0.2) is 6.61 Å². The first-order chi connectivity index (χ1) is 14.2. The van der Waals surface area contributed by atoms with Crippen LogP contribution in [0, 0.1) is 6.92 Å². The molecular weight excluding hydrogens is 403 g/mol. The first-order valence-corrected chi connectivity index (χ1v) is 9.47. The number of carbonyl (C=O) groups is 1. The number of benzene rings is 1. The number of rotatable bonds is 11. The van der Waals surface area contributed by atoms with Crippen molar-refractivity contribution in [3.63, 3.8) is 0 Å². The zero-order valence-electron chi connectivity index (χ0n) is 16.8. The second-order valence-corrected chi connectivity index (χ2v) is 6.59. The molecule has 0 bridgehead atoms. The average molecular weight is 427 g/mol. The summed E-state index contributed by atoms with van der Waals surface area (Å²) in [5.41, 5.74) is 0.297. The maximum atomic E-state index is 12.8. The highest BCUT2D eigenvalue weighted by Crippen LogP contribution is 2.31. The zero-order valence-corrected chi connectivity index (χ0v) is 16.8. The fourth-order valence-corrected chi connectivity index (χ4v) is 2.68. The lowest BCUT2D eigenvalue weighted by Crippen LogP contribution is -2.11. The molecule has 0 spiro atoms. The van der Waals surface area contributed by atoms with Crippen molar-refractivity contribution in [3.05, 3.63) is 47.3 Å². The molecule has 2 aromatic rings. The standard InChI is InChI=1S/C21H24F3NO5/c1-3-5-15-11-19(21(22,23)24)25-12-18(15)29-9-4-8-28-16-6-7-17(14(2)10-16)30-13-20(26)27/h6-7,10-12H,3-5,8-9,13H2,1-2H3,(H,26,27). The van der Waals surface area contributed by atoms with E-state index in [-0.39, 0.29) is 6.61 Å². The number of aromatic nitrogens is 1. The Morgan fingerprint density at radius 3 is 2.47 bits per heavy atom. The van der Waals surface area contributed by atoms with Gasteiger partial charge in [0.1, 0.15) is 22.9 Å². The molecule has 1 aromatic heterocycles. The second kappa shape index (κ2) is 10.7. The summed E-state index contributed by atoms with van der Waals surface area (Å²) < 4.78 is 54.9. The number of nitrogens with zero attached hydrogens (tertiary/aromatic N) is 1. The first kappa shape index (κ1) is 23.3. The molecular formula is C21H24F3NO5. The van der Waals surface area contributed by atoms with Crippen molar-refractivity contribution in [2.45, 2.75) is 39.3 Å². The summed E-state index contributed by atoms with van der Waals surface area (Å²) in [5, 5.41) is 8.65. The SMILES string of the molecule is CCCc1cc(C(F)(F)F)ncc1OCCCOc1ccc(OCC(=O)O)c(C)c1. The van der Waals surface area contributed by atoms with Crippen LogP contribution in [0.15, 0.2) is 30.5 Å². The van der Waals surface area contributed by atoms with E-state index in [0.29, 0.717) is 48.7 Å². The molecule has 30 heavy (non-hydrogen) atoms. The maximum Gasteiger partial charge on any atom is 0.433 e. The largest absolute Gasteiger partial charge is 0.493 e. The van der Waals surface area contributed by atoms with Gasteiger partial charge in [-0.3, -0.25) is 0 Å². The first-order valence-electron chi connectivity index (χ1n) is 9.47. The van der Waals surface area contributed by atoms with Gasteiger partial charge in [0, 0.05) is 6.42 Å². The summed E-state index contributed by atoms with van der Waals surface area (Å²) >= 11 is 0. The Morgan fingerprint density at radius 1 is 1.10 bits per heavy atom. The Hall–Kier alpha value is -2.97. The molecule has 2 rings (SSSR count). The molecule has 0 fully saturated rings. The molecule has 9 heteroatoms. The van der Waals surface area contributed by atoms with Crippen LogP contribution in [0.2, 0.25) is 0 Å². The maximum absolute atomic E-state index is 12.8. The van der Waals surface area contributed by atoms with Crippen LogP contribution in [0.5, 0.6) is 17.2 Å². The number of aryl methyl sites for hydroxylation is 2. The molecule has 6 nitrogen and oxygen atoms in total. The minimum absolute atomic E-state index is 0.266. The molecule has 1 N–H and O–H groups in total. The lowest BCUT2D eigenvalue weighted by Gasteiger charge is -2.14. The van der Waals surface area contributed by atoms with Gasteiger partial charge >= 0.3 is 12.1 Å². The van der Waals surface area contributed by atoms with E-state index in [0.717, 1.165) is 17.8 Å². The summed E-state index contributed by atoms with van der Waals surface area (Å²) in [5.74, 6) is 0.352. The zero-order chi connectivity index (χ0) is 22.1. The Bertz CT molecular complexity index is 855. The van der Waals surface area contributed by atoms with E-state index in [2.05, 4.69) is 4.98 Å². The van der Waals surface area contributed by atoms with Crippen molar-refractivity contribution in [3.8, 4) is 17.2 Å². The number of hydrogen-bond acceptors (Lipinski definition) is 5. The molecule has 0 amide bonds. The number of carboxylic acid groups (broad SMARTS) is 1. The highest BCUT2D eigenvalue weighted by Gasteiger charge is 2.33. The normalized spacial score (nSPS) is 11.2. The van der Waals surface area contributed by atoms with Gasteiger partial charge in [0.05, 0.1) is 19.4 Å². The number of halogens is 3. The third kappa shape index (κ3) is 7.13. The molecule has 0 radical (unpaired) electrons. The van der Waals surface area contributed by atoms with Crippen LogP contribution in [0.3, 0.4) is 0 Å². The Balaban J connectivity index is 1.84. The van der Waals surface area contributed by atoms with Crippen molar-refractivity contribution in [2.24, 2.45) is 0 Å². The molecule has 0 unspecified atom stereocenters. The molecule has 1 aromatic carbocycles. The molecule has 0 saturated heterocycles. The van der Waals surface area contributed by atoms with Crippen LogP contribution in [-0.2, 0) is 17.4 Å². The third-order valence-corrected chi connectivity index (χ3v) is 4.07. The van der Waals surface area contributed by atoms with Gasteiger partial charge in [0.2, 0.25) is 0 Å². The molecule has 164 valence electrons. The molecule has 0 aliphatic rings. The van der Waals surface area contributed by atoms with Gasteiger partial charge < -0.3 is 19.3 Å². The van der Waals surface area contributed by atoms with Gasteiger partial charge in [-0.1, -0.05) is 13.3 Å². The van der Waals surface area contributed by atoms with E-state index in [1.807, 2.05) is 6.92 Å². The topological polar surface area (TPSA) is 77.9 Å². The Labute approximate surface area is 172 Å². The quantitative estimate of drug-likeness (QED) is 0.525. The number of ether oxygens (including phenoxy) is 3. The molecule has 0 saturated carbocycles. The summed E-state index contributed by atoms with van der Waals surface area (Å²) in [6.45, 7) is 3.84. The number of pyridine rings is 1. The average Bonchev–Trinajstić information content (AvgIpc) is 2.67. The summed E-state index contributed by atoms with van der Waals surface area (Å²) in [7, 11) is 0. The van der Waals surface area contributed by atoms with Crippen LogP contribution in [0.4, 0.5) is 13.2 Å². The highest BCUT2D eigenvalue weighted by atomic mass is 19.4. The lowest BCUT2D eigenvalue weighted by molar-refractivity contribution is -0.141. The van der Waals surface area contributed by atoms with Crippen molar-refractivity contribution >= 4 is 5.97 Å². The smallest absolute Gasteiger partial charge is 0.433 e.